The van der Waals surface area contributed by atoms with Crippen LogP contribution in [0, 0.1) is 0 Å². The van der Waals surface area contributed by atoms with E-state index in [0.29, 0.717) is 6.54 Å². The predicted molar refractivity (Wildman–Crippen MR) is 113 cm³/mol. The first-order valence-corrected chi connectivity index (χ1v) is 9.86. The summed E-state index contributed by atoms with van der Waals surface area (Å²) in [5, 5.41) is 5.62. The number of thiocarbonyl (C=S) groups is 1. The van der Waals surface area contributed by atoms with Gasteiger partial charge in [-0.1, -0.05) is 24.3 Å². The van der Waals surface area contributed by atoms with Crippen LogP contribution in [-0.2, 0) is 16.1 Å². The van der Waals surface area contributed by atoms with Gasteiger partial charge in [0.15, 0.2) is 5.11 Å². The summed E-state index contributed by atoms with van der Waals surface area (Å²) >= 11 is 6.53. The van der Waals surface area contributed by atoms with Gasteiger partial charge in [-0.05, 0) is 42.0 Å². The molecule has 3 rings (SSSR count). The van der Waals surface area contributed by atoms with Crippen LogP contribution >= 0.6 is 24.0 Å². The van der Waals surface area contributed by atoms with Crippen molar-refractivity contribution in [1.82, 2.24) is 16.2 Å². The van der Waals surface area contributed by atoms with Crippen molar-refractivity contribution in [1.29, 1.82) is 0 Å². The lowest BCUT2D eigenvalue weighted by Gasteiger charge is -2.23. The average Bonchev–Trinajstić information content (AvgIpc) is 2.71. The Hall–Kier alpha value is -2.78. The third kappa shape index (κ3) is 5.37. The highest BCUT2D eigenvalue weighted by atomic mass is 32.2. The number of nitrogens with one attached hydrogen (secondary N) is 4. The van der Waals surface area contributed by atoms with Crippen molar-refractivity contribution in [3.63, 3.8) is 0 Å². The molecule has 9 heteroatoms. The number of hydrazine groups is 1. The van der Waals surface area contributed by atoms with Gasteiger partial charge >= 0.3 is 0 Å². The normalized spacial score (nSPS) is 15.0. The van der Waals surface area contributed by atoms with E-state index in [1.54, 1.807) is 7.11 Å². The number of anilines is 1. The number of fused-ring (bicyclic) bond motifs is 1. The number of para-hydroxylation sites is 1. The second kappa shape index (κ2) is 9.43. The molecule has 146 valence electrons. The Morgan fingerprint density at radius 3 is 2.68 bits per heavy atom. The van der Waals surface area contributed by atoms with Gasteiger partial charge in [-0.2, -0.15) is 0 Å². The Labute approximate surface area is 172 Å². The van der Waals surface area contributed by atoms with Crippen LogP contribution in [0.5, 0.6) is 5.75 Å². The number of amides is 2. The summed E-state index contributed by atoms with van der Waals surface area (Å²) in [5.41, 5.74) is 6.97. The molecule has 4 N–H and O–H groups in total. The number of carbonyl (C=O) groups excluding carboxylic acids is 2. The highest BCUT2D eigenvalue weighted by Gasteiger charge is 2.28. The van der Waals surface area contributed by atoms with Crippen molar-refractivity contribution in [2.75, 3.05) is 12.4 Å². The molecular weight excluding hydrogens is 396 g/mol. The molecule has 2 amide bonds. The molecule has 0 fully saturated rings. The topological polar surface area (TPSA) is 91.5 Å². The molecule has 1 aliphatic rings. The minimum absolute atomic E-state index is 0.0406. The molecule has 7 nitrogen and oxygen atoms in total. The van der Waals surface area contributed by atoms with Gasteiger partial charge < -0.3 is 15.4 Å². The fourth-order valence-electron chi connectivity index (χ4n) is 2.54. The molecule has 0 aliphatic carbocycles. The molecule has 0 spiro atoms. The minimum atomic E-state index is -0.488. The molecule has 2 aromatic rings. The monoisotopic (exact) mass is 416 g/mol. The molecule has 0 radical (unpaired) electrons. The van der Waals surface area contributed by atoms with E-state index in [4.69, 9.17) is 17.0 Å². The van der Waals surface area contributed by atoms with Crippen molar-refractivity contribution in [3.05, 3.63) is 54.1 Å². The highest BCUT2D eigenvalue weighted by molar-refractivity contribution is 8.01. The van der Waals surface area contributed by atoms with E-state index >= 15 is 0 Å². The third-order valence-corrected chi connectivity index (χ3v) is 5.53. The quantitative estimate of drug-likeness (QED) is 0.439. The number of hydrogen-bond donors (Lipinski definition) is 4. The molecule has 2 aromatic carbocycles. The van der Waals surface area contributed by atoms with Crippen LogP contribution in [0.25, 0.3) is 0 Å². The molecule has 0 saturated heterocycles. The Kier molecular flexibility index (Phi) is 6.72. The Morgan fingerprint density at radius 1 is 1.18 bits per heavy atom. The Balaban J connectivity index is 1.41. The van der Waals surface area contributed by atoms with Gasteiger partial charge in [-0.15, -0.1) is 11.8 Å². The molecule has 1 atom stereocenters. The Bertz CT molecular complexity index is 874. The van der Waals surface area contributed by atoms with Crippen molar-refractivity contribution in [3.8, 4) is 5.75 Å². The number of benzene rings is 2. The standard InChI is InChI=1S/C19H20N4O3S2/c1-26-13-8-6-12(7-9-13)11-20-19(27)23-22-17(24)10-16-18(25)21-14-4-2-3-5-15(14)28-16/h2-9,16H,10-11H2,1H3,(H,21,25)(H,22,24)(H2,20,23,27)/t16-/m1/s1. The third-order valence-electron chi connectivity index (χ3n) is 4.00. The van der Waals surface area contributed by atoms with Crippen LogP contribution < -0.4 is 26.2 Å². The van der Waals surface area contributed by atoms with Crippen LogP contribution in [0.2, 0.25) is 0 Å². The van der Waals surface area contributed by atoms with Gasteiger partial charge in [0.05, 0.1) is 18.0 Å². The van der Waals surface area contributed by atoms with Crippen LogP contribution in [0.3, 0.4) is 0 Å². The molecule has 28 heavy (non-hydrogen) atoms. The van der Waals surface area contributed by atoms with Crippen molar-refractivity contribution >= 4 is 46.6 Å². The molecule has 0 unspecified atom stereocenters. The first-order chi connectivity index (χ1) is 13.5. The van der Waals surface area contributed by atoms with Gasteiger partial charge in [0.2, 0.25) is 11.8 Å². The van der Waals surface area contributed by atoms with Crippen molar-refractivity contribution < 1.29 is 14.3 Å². The summed E-state index contributed by atoms with van der Waals surface area (Å²) in [5.74, 6) is 0.281. The minimum Gasteiger partial charge on any atom is -0.497 e. The molecule has 1 heterocycles. The molecule has 0 aromatic heterocycles. The Morgan fingerprint density at radius 2 is 1.93 bits per heavy atom. The molecule has 1 aliphatic heterocycles. The van der Waals surface area contributed by atoms with Crippen LogP contribution in [0.15, 0.2) is 53.4 Å². The van der Waals surface area contributed by atoms with E-state index in [9.17, 15) is 9.59 Å². The maximum Gasteiger partial charge on any atom is 0.240 e. The van der Waals surface area contributed by atoms with Crippen molar-refractivity contribution in [2.45, 2.75) is 23.1 Å². The van der Waals surface area contributed by atoms with Gasteiger partial charge in [-0.3, -0.25) is 20.4 Å². The predicted octanol–water partition coefficient (Wildman–Crippen LogP) is 2.19. The fourth-order valence-corrected chi connectivity index (χ4v) is 3.78. The number of hydrogen-bond acceptors (Lipinski definition) is 5. The zero-order valence-corrected chi connectivity index (χ0v) is 16.8. The number of rotatable bonds is 5. The molecule has 0 saturated carbocycles. The first kappa shape index (κ1) is 20.0. The maximum absolute atomic E-state index is 12.2. The summed E-state index contributed by atoms with van der Waals surface area (Å²) < 4.78 is 5.11. The lowest BCUT2D eigenvalue weighted by molar-refractivity contribution is -0.124. The second-order valence-electron chi connectivity index (χ2n) is 6.00. The van der Waals surface area contributed by atoms with Crippen molar-refractivity contribution in [2.24, 2.45) is 0 Å². The molecular formula is C19H20N4O3S2. The number of methoxy groups -OCH3 is 1. The van der Waals surface area contributed by atoms with Crippen LogP contribution in [-0.4, -0.2) is 29.3 Å². The SMILES string of the molecule is COc1ccc(CNC(=S)NNC(=O)C[C@H]2Sc3ccccc3NC2=O)cc1. The summed E-state index contributed by atoms with van der Waals surface area (Å²) in [4.78, 5) is 25.3. The highest BCUT2D eigenvalue weighted by Crippen LogP contribution is 2.36. The summed E-state index contributed by atoms with van der Waals surface area (Å²) in [6, 6.07) is 15.1. The van der Waals surface area contributed by atoms with Gasteiger partial charge in [-0.25, -0.2) is 0 Å². The van der Waals surface area contributed by atoms with Gasteiger partial charge in [0, 0.05) is 17.9 Å². The van der Waals surface area contributed by atoms with Gasteiger partial charge in [0.1, 0.15) is 5.75 Å². The summed E-state index contributed by atoms with van der Waals surface area (Å²) in [7, 11) is 1.61. The van der Waals surface area contributed by atoms with E-state index < -0.39 is 5.25 Å². The number of thioether (sulfide) groups is 1. The first-order valence-electron chi connectivity index (χ1n) is 8.57. The van der Waals surface area contributed by atoms with E-state index in [2.05, 4.69) is 21.5 Å². The second-order valence-corrected chi connectivity index (χ2v) is 7.65. The van der Waals surface area contributed by atoms with E-state index in [-0.39, 0.29) is 23.3 Å². The maximum atomic E-state index is 12.2. The average molecular weight is 417 g/mol. The van der Waals surface area contributed by atoms with E-state index in [1.807, 2.05) is 48.5 Å². The summed E-state index contributed by atoms with van der Waals surface area (Å²) in [6.45, 7) is 0.503. The van der Waals surface area contributed by atoms with E-state index in [1.165, 1.54) is 11.8 Å². The lowest BCUT2D eigenvalue weighted by Crippen LogP contribution is -2.47. The summed E-state index contributed by atoms with van der Waals surface area (Å²) in [6.07, 6.45) is 0.0406. The van der Waals surface area contributed by atoms with Gasteiger partial charge in [0.25, 0.3) is 0 Å². The number of ether oxygens (including phenoxy) is 1. The van der Waals surface area contributed by atoms with E-state index in [0.717, 1.165) is 21.9 Å². The largest absolute Gasteiger partial charge is 0.497 e. The zero-order chi connectivity index (χ0) is 19.9. The smallest absolute Gasteiger partial charge is 0.240 e. The lowest BCUT2D eigenvalue weighted by atomic mass is 10.2. The van der Waals surface area contributed by atoms with Crippen LogP contribution in [0.4, 0.5) is 5.69 Å². The van der Waals surface area contributed by atoms with Crippen LogP contribution in [0.1, 0.15) is 12.0 Å². The molecule has 0 bridgehead atoms. The zero-order valence-electron chi connectivity index (χ0n) is 15.2. The number of carbonyl (C=O) groups is 2. The fraction of sp³-hybridized carbons (Fsp3) is 0.211.